The van der Waals surface area contributed by atoms with E-state index in [1.165, 1.54) is 51.4 Å². The Kier molecular flexibility index (Phi) is 25.9. The zero-order chi connectivity index (χ0) is 36.6. The number of hydrogen-bond acceptors (Lipinski definition) is 9. The minimum atomic E-state index is -0.496. The first-order valence-electron chi connectivity index (χ1n) is 18.2. The molecule has 17 heteroatoms. The van der Waals surface area contributed by atoms with Crippen molar-refractivity contribution in [1.29, 1.82) is 0 Å². The van der Waals surface area contributed by atoms with Crippen molar-refractivity contribution in [3.8, 4) is 0 Å². The molecular formula is C34H65BCl2N6NaNiO6. The minimum absolute atomic E-state index is 0. The van der Waals surface area contributed by atoms with Crippen LogP contribution in [0.15, 0.2) is 0 Å². The summed E-state index contributed by atoms with van der Waals surface area (Å²) in [5.74, 6) is 1.16. The topological polar surface area (TPSA) is 135 Å². The van der Waals surface area contributed by atoms with Gasteiger partial charge in [0, 0.05) is 78.3 Å². The Hall–Kier alpha value is -0.0416. The Balaban J connectivity index is 0. The molecule has 0 bridgehead atoms. The number of hydrogen-bond donors (Lipinski definition) is 1. The summed E-state index contributed by atoms with van der Waals surface area (Å²) < 4.78 is 10.9. The number of rotatable bonds is 7. The number of nitrogens with two attached hydrogens (primary N) is 1. The number of amides is 2. The van der Waals surface area contributed by atoms with Crippen molar-refractivity contribution in [2.45, 2.75) is 129 Å². The van der Waals surface area contributed by atoms with Gasteiger partial charge in [-0.05, 0) is 79.1 Å². The molecule has 51 heavy (non-hydrogen) atoms. The van der Waals surface area contributed by atoms with Gasteiger partial charge in [0.2, 0.25) is 6.54 Å². The fourth-order valence-electron chi connectivity index (χ4n) is 7.52. The molecule has 12 nitrogen and oxygen atoms in total. The molecule has 0 aromatic rings. The van der Waals surface area contributed by atoms with E-state index in [-0.39, 0.29) is 69.1 Å². The maximum absolute atomic E-state index is 12.1. The summed E-state index contributed by atoms with van der Waals surface area (Å²) in [4.78, 5) is 43.5. The maximum Gasteiger partial charge on any atom is 1.00 e. The van der Waals surface area contributed by atoms with Gasteiger partial charge in [-0.3, -0.25) is 19.9 Å². The second-order valence-corrected chi connectivity index (χ2v) is 17.4. The van der Waals surface area contributed by atoms with Gasteiger partial charge in [-0.25, -0.2) is 9.59 Å². The van der Waals surface area contributed by atoms with Crippen LogP contribution in [0.2, 0.25) is 0 Å². The molecule has 2 N–H and O–H groups in total. The van der Waals surface area contributed by atoms with Crippen LogP contribution in [-0.4, -0.2) is 134 Å². The van der Waals surface area contributed by atoms with E-state index in [0.29, 0.717) is 50.8 Å². The Morgan fingerprint density at radius 3 is 1.35 bits per heavy atom. The van der Waals surface area contributed by atoms with Gasteiger partial charge < -0.3 is 26.4 Å². The normalized spacial score (nSPS) is 21.0. The molecule has 4 fully saturated rings. The van der Waals surface area contributed by atoms with Gasteiger partial charge in [-0.15, -0.1) is 0 Å². The Morgan fingerprint density at radius 1 is 0.745 bits per heavy atom. The fourth-order valence-corrected chi connectivity index (χ4v) is 7.52. The third-order valence-electron chi connectivity index (χ3n) is 9.84. The summed E-state index contributed by atoms with van der Waals surface area (Å²) in [5, 5.41) is 11.1. The molecule has 2 unspecified atom stereocenters. The van der Waals surface area contributed by atoms with Crippen LogP contribution in [-0.2, 0) is 22.1 Å². The fraction of sp³-hybridized carbons (Fsp3) is 0.941. The van der Waals surface area contributed by atoms with Crippen LogP contribution < -0.4 is 35.3 Å². The summed E-state index contributed by atoms with van der Waals surface area (Å²) >= 11 is 0.569. The number of ether oxygens (including phenoxy) is 2. The Bertz CT molecular complexity index is 996. The van der Waals surface area contributed by atoms with Crippen molar-refractivity contribution >= 4 is 41.0 Å². The molecular weight excluding hydrogens is 752 g/mol. The third-order valence-corrected chi connectivity index (χ3v) is 9.84. The second kappa shape index (κ2) is 25.9. The molecule has 4 rings (SSSR count). The molecule has 0 aromatic heterocycles. The van der Waals surface area contributed by atoms with Gasteiger partial charge in [-0.1, -0.05) is 38.5 Å². The van der Waals surface area contributed by atoms with E-state index in [9.17, 15) is 19.7 Å². The molecule has 0 aromatic carbocycles. The van der Waals surface area contributed by atoms with Crippen molar-refractivity contribution in [3.05, 3.63) is 10.1 Å². The van der Waals surface area contributed by atoms with Crippen molar-refractivity contribution < 1.29 is 67.6 Å². The van der Waals surface area contributed by atoms with E-state index < -0.39 is 11.2 Å². The van der Waals surface area contributed by atoms with Crippen molar-refractivity contribution in [3.63, 3.8) is 0 Å². The summed E-state index contributed by atoms with van der Waals surface area (Å²) in [6, 6.07) is 0.488. The summed E-state index contributed by atoms with van der Waals surface area (Å²) in [6.45, 7) is 17.9. The monoisotopic (exact) mass is 815 g/mol. The minimum Gasteiger partial charge on any atom is -1.00 e. The van der Waals surface area contributed by atoms with Gasteiger partial charge in [0.15, 0.2) is 0 Å². The average Bonchev–Trinajstić information content (AvgIpc) is 3.04. The standard InChI is InChI=1S/C17H31N3O4.C17H33N3O2.B.2ClH.Na.Ni.H/c1-17(2,3)24-16(21)19-11-9-18(10-12-19)15(13-20(22)23)14-7-5-4-6-8-14;1-17(2,3)22-16(21)20-11-9-19(10-12-20)15(13-18)14-7-5-4-6-8-14;;;;;;/h14-15H,4-13H2,1-3H3;14-15H,4-13,18H2,1-3H3;;2*1H;;;/q;;;;;+1;+2;-1/p-2. The van der Waals surface area contributed by atoms with E-state index in [4.69, 9.17) is 35.6 Å². The number of piperazine rings is 2. The molecule has 0 spiro atoms. The predicted octanol–water partition coefficient (Wildman–Crippen LogP) is 3.32. The maximum atomic E-state index is 12.1. The summed E-state index contributed by atoms with van der Waals surface area (Å²) in [6.07, 6.45) is 12.0. The van der Waals surface area contributed by atoms with Crippen molar-refractivity contribution in [2.24, 2.45) is 17.6 Å². The zero-order valence-corrected chi connectivity index (χ0v) is 36.9. The molecule has 2 atom stereocenters. The number of nitrogens with zero attached hydrogens (tertiary/aromatic N) is 5. The summed E-state index contributed by atoms with van der Waals surface area (Å²) in [5.41, 5.74) is 5.15. The number of carbonyl (C=O) groups excluding carboxylic acids is 2. The first-order valence-corrected chi connectivity index (χ1v) is 20.9. The van der Waals surface area contributed by atoms with E-state index in [1.54, 1.807) is 4.90 Å². The molecule has 2 saturated heterocycles. The molecule has 2 amide bonds. The molecule has 2 aliphatic heterocycles. The molecule has 2 heterocycles. The smallest absolute Gasteiger partial charge is 1.00 e. The number of carbonyl (C=O) groups is 2. The molecule has 2 aliphatic carbocycles. The van der Waals surface area contributed by atoms with Crippen LogP contribution in [0.4, 0.5) is 9.59 Å². The predicted molar refractivity (Wildman–Crippen MR) is 199 cm³/mol. The zero-order valence-electron chi connectivity index (χ0n) is 33.4. The molecule has 3 radical (unpaired) electrons. The SMILES string of the molecule is CC(C)(C)OC(=O)N1CCN(C(CN)C2CCCCC2)CC1.CC(C)(C)OC(=O)N1CCN(C(C[N+](=O)[O-])C2CCCCC2)CC1.[B].[Cl][Ni][Cl].[H-].[Na+]. The first-order chi connectivity index (χ1) is 23.1. The summed E-state index contributed by atoms with van der Waals surface area (Å²) in [7, 11) is 9.40. The first kappa shape index (κ1) is 51.0. The molecule has 4 aliphatic rings. The van der Waals surface area contributed by atoms with Gasteiger partial charge in [0.25, 0.3) is 0 Å². The van der Waals surface area contributed by atoms with Gasteiger partial charge in [0.1, 0.15) is 11.2 Å². The van der Waals surface area contributed by atoms with Crippen LogP contribution in [0, 0.1) is 22.0 Å². The van der Waals surface area contributed by atoms with Crippen LogP contribution in [0.5, 0.6) is 0 Å². The average molecular weight is 817 g/mol. The largest absolute Gasteiger partial charge is 1.00 e. The number of halogens is 2. The van der Waals surface area contributed by atoms with Crippen molar-refractivity contribution in [2.75, 3.05) is 65.4 Å². The van der Waals surface area contributed by atoms with E-state index >= 15 is 0 Å². The van der Waals surface area contributed by atoms with Crippen LogP contribution >= 0.6 is 20.4 Å². The quantitative estimate of drug-likeness (QED) is 0.234. The third kappa shape index (κ3) is 19.9. The van der Waals surface area contributed by atoms with Crippen LogP contribution in [0.25, 0.3) is 0 Å². The Labute approximate surface area is 348 Å². The van der Waals surface area contributed by atoms with Gasteiger partial charge >= 0.3 is 74.8 Å². The van der Waals surface area contributed by atoms with Gasteiger partial charge in [0.05, 0.1) is 6.04 Å². The van der Waals surface area contributed by atoms with E-state index in [0.717, 1.165) is 51.5 Å². The van der Waals surface area contributed by atoms with Gasteiger partial charge in [-0.2, -0.15) is 0 Å². The van der Waals surface area contributed by atoms with Crippen LogP contribution in [0.1, 0.15) is 107 Å². The molecule has 295 valence electrons. The van der Waals surface area contributed by atoms with E-state index in [1.807, 2.05) is 46.4 Å². The second-order valence-electron chi connectivity index (χ2n) is 15.7. The van der Waals surface area contributed by atoms with Crippen LogP contribution in [0.3, 0.4) is 0 Å². The number of nitro groups is 1. The molecule has 2 saturated carbocycles. The Morgan fingerprint density at radius 2 is 1.06 bits per heavy atom. The van der Waals surface area contributed by atoms with Crippen molar-refractivity contribution in [1.82, 2.24) is 19.6 Å². The van der Waals surface area contributed by atoms with E-state index in [2.05, 4.69) is 9.80 Å².